The summed E-state index contributed by atoms with van der Waals surface area (Å²) in [7, 11) is 3.25. The lowest BCUT2D eigenvalue weighted by molar-refractivity contribution is -0.110. The number of nitrogens with one attached hydrogen (secondary N) is 3. The molecule has 3 amide bonds. The molecule has 0 aliphatic rings. The van der Waals surface area contributed by atoms with Crippen molar-refractivity contribution in [3.8, 4) is 22.8 Å². The summed E-state index contributed by atoms with van der Waals surface area (Å²) in [5.74, 6) is -0.406. The zero-order chi connectivity index (χ0) is 27.2. The monoisotopic (exact) mass is 513 g/mol. The Morgan fingerprint density at radius 2 is 1.68 bits per heavy atom. The fraction of sp³-hybridized carbons (Fsp3) is 0.0741. The number of rotatable bonds is 7. The van der Waals surface area contributed by atoms with Crippen LogP contribution in [-0.2, 0) is 4.79 Å². The van der Waals surface area contributed by atoms with E-state index in [9.17, 15) is 14.0 Å². The maximum atomic E-state index is 13.0. The molecule has 0 radical (unpaired) electrons. The number of anilines is 3. The Morgan fingerprint density at radius 3 is 2.37 bits per heavy atom. The quantitative estimate of drug-likeness (QED) is 0.207. The topological polar surface area (TPSA) is 146 Å². The highest BCUT2D eigenvalue weighted by molar-refractivity contribution is 6.48. The standard InChI is InChI=1S/C27H24FN7O3/c1-35(2)27(37)34-20-11-17(13-31-14-20)16-3-9-23(29)22(12-16)25(30)26(36)33-19-6-10-24(32-15-19)38-21-7-4-18(28)5-8-21/h3-15,30H,29H2,1-2H3,(H,33,36)(H,34,37). The molecule has 0 aliphatic heterocycles. The molecule has 0 saturated heterocycles. The Kier molecular flexibility index (Phi) is 7.57. The molecule has 38 heavy (non-hydrogen) atoms. The summed E-state index contributed by atoms with van der Waals surface area (Å²) in [5, 5.41) is 13.8. The predicted molar refractivity (Wildman–Crippen MR) is 143 cm³/mol. The summed E-state index contributed by atoms with van der Waals surface area (Å²) in [5.41, 5.74) is 8.37. The first-order valence-electron chi connectivity index (χ1n) is 11.3. The lowest BCUT2D eigenvalue weighted by Crippen LogP contribution is -2.27. The minimum atomic E-state index is -0.687. The van der Waals surface area contributed by atoms with Crippen molar-refractivity contribution >= 4 is 34.7 Å². The van der Waals surface area contributed by atoms with Crippen molar-refractivity contribution in [2.75, 3.05) is 30.5 Å². The predicted octanol–water partition coefficient (Wildman–Crippen LogP) is 4.76. The van der Waals surface area contributed by atoms with Crippen LogP contribution in [0, 0.1) is 11.2 Å². The third-order valence-corrected chi connectivity index (χ3v) is 5.31. The number of halogens is 1. The maximum Gasteiger partial charge on any atom is 0.321 e. The highest BCUT2D eigenvalue weighted by atomic mass is 19.1. The second kappa shape index (κ2) is 11.2. The zero-order valence-electron chi connectivity index (χ0n) is 20.5. The van der Waals surface area contributed by atoms with Crippen LogP contribution < -0.4 is 21.1 Å². The van der Waals surface area contributed by atoms with E-state index in [-0.39, 0.29) is 34.7 Å². The van der Waals surface area contributed by atoms with Gasteiger partial charge >= 0.3 is 6.03 Å². The molecule has 10 nitrogen and oxygen atoms in total. The number of pyridine rings is 2. The van der Waals surface area contributed by atoms with Crippen molar-refractivity contribution in [2.45, 2.75) is 0 Å². The molecule has 0 atom stereocenters. The maximum absolute atomic E-state index is 13.0. The van der Waals surface area contributed by atoms with E-state index >= 15 is 0 Å². The van der Waals surface area contributed by atoms with E-state index in [0.717, 1.165) is 0 Å². The third-order valence-electron chi connectivity index (χ3n) is 5.31. The Morgan fingerprint density at radius 1 is 0.921 bits per heavy atom. The molecular weight excluding hydrogens is 489 g/mol. The van der Waals surface area contributed by atoms with E-state index < -0.39 is 5.91 Å². The van der Waals surface area contributed by atoms with E-state index in [2.05, 4.69) is 20.6 Å². The van der Waals surface area contributed by atoms with Gasteiger partial charge in [0, 0.05) is 43.2 Å². The average molecular weight is 514 g/mol. The number of carbonyl (C=O) groups excluding carboxylic acids is 2. The van der Waals surface area contributed by atoms with Crippen LogP contribution in [0.25, 0.3) is 11.1 Å². The third kappa shape index (κ3) is 6.26. The fourth-order valence-corrected chi connectivity index (χ4v) is 3.31. The summed E-state index contributed by atoms with van der Waals surface area (Å²) in [6.07, 6.45) is 4.50. The smallest absolute Gasteiger partial charge is 0.321 e. The number of urea groups is 1. The van der Waals surface area contributed by atoms with Gasteiger partial charge in [0.25, 0.3) is 5.91 Å². The van der Waals surface area contributed by atoms with Crippen LogP contribution in [0.1, 0.15) is 5.56 Å². The number of hydrogen-bond donors (Lipinski definition) is 4. The van der Waals surface area contributed by atoms with E-state index in [1.165, 1.54) is 47.6 Å². The van der Waals surface area contributed by atoms with E-state index in [4.69, 9.17) is 15.9 Å². The molecule has 11 heteroatoms. The van der Waals surface area contributed by atoms with Crippen molar-refractivity contribution in [3.05, 3.63) is 90.6 Å². The zero-order valence-corrected chi connectivity index (χ0v) is 20.5. The molecule has 2 aromatic carbocycles. The Labute approximate surface area is 217 Å². The lowest BCUT2D eigenvalue weighted by Gasteiger charge is -2.13. The van der Waals surface area contributed by atoms with Gasteiger partial charge in [-0.3, -0.25) is 15.2 Å². The molecule has 0 unspecified atom stereocenters. The molecule has 2 heterocycles. The van der Waals surface area contributed by atoms with Gasteiger partial charge in [-0.1, -0.05) is 6.07 Å². The SMILES string of the molecule is CN(C)C(=O)Nc1cncc(-c2ccc(N)c(C(=N)C(=O)Nc3ccc(Oc4ccc(F)cc4)nc3)c2)c1. The van der Waals surface area contributed by atoms with Gasteiger partial charge in [-0.2, -0.15) is 0 Å². The number of carbonyl (C=O) groups is 2. The van der Waals surface area contributed by atoms with Crippen LogP contribution in [0.15, 0.2) is 79.3 Å². The number of nitrogen functional groups attached to an aromatic ring is 1. The van der Waals surface area contributed by atoms with Gasteiger partial charge < -0.3 is 26.0 Å². The van der Waals surface area contributed by atoms with Crippen molar-refractivity contribution < 1.29 is 18.7 Å². The number of aromatic nitrogens is 2. The van der Waals surface area contributed by atoms with Crippen molar-refractivity contribution in [1.82, 2.24) is 14.9 Å². The molecule has 0 bridgehead atoms. The second-order valence-corrected chi connectivity index (χ2v) is 8.36. The molecule has 0 aliphatic carbocycles. The van der Waals surface area contributed by atoms with Crippen LogP contribution in [-0.4, -0.2) is 46.6 Å². The average Bonchev–Trinajstić information content (AvgIpc) is 2.91. The number of nitrogens with zero attached hydrogens (tertiary/aromatic N) is 3. The van der Waals surface area contributed by atoms with E-state index in [1.807, 2.05) is 0 Å². The summed E-state index contributed by atoms with van der Waals surface area (Å²) in [6.45, 7) is 0. The van der Waals surface area contributed by atoms with E-state index in [0.29, 0.717) is 28.3 Å². The van der Waals surface area contributed by atoms with Crippen LogP contribution >= 0.6 is 0 Å². The summed E-state index contributed by atoms with van der Waals surface area (Å²) >= 11 is 0. The molecule has 0 spiro atoms. The molecule has 5 N–H and O–H groups in total. The molecule has 192 valence electrons. The van der Waals surface area contributed by atoms with Gasteiger partial charge in [0.05, 0.1) is 23.8 Å². The molecule has 4 rings (SSSR count). The molecule has 4 aromatic rings. The number of nitrogens with two attached hydrogens (primary N) is 1. The fourth-order valence-electron chi connectivity index (χ4n) is 3.31. The minimum absolute atomic E-state index is 0.229. The number of hydrogen-bond acceptors (Lipinski definition) is 7. The van der Waals surface area contributed by atoms with Crippen molar-refractivity contribution in [2.24, 2.45) is 0 Å². The first kappa shape index (κ1) is 25.8. The first-order chi connectivity index (χ1) is 18.2. The van der Waals surface area contributed by atoms with Crippen molar-refractivity contribution in [1.29, 1.82) is 5.41 Å². The van der Waals surface area contributed by atoms with Crippen LogP contribution in [0.4, 0.5) is 26.2 Å². The highest BCUT2D eigenvalue weighted by Gasteiger charge is 2.17. The van der Waals surface area contributed by atoms with Gasteiger partial charge in [-0.25, -0.2) is 14.2 Å². The van der Waals surface area contributed by atoms with E-state index in [1.54, 1.807) is 50.6 Å². The Hall–Kier alpha value is -5.32. The molecular formula is C27H24FN7O3. The lowest BCUT2D eigenvalue weighted by atomic mass is 10.00. The Bertz CT molecular complexity index is 1490. The normalized spacial score (nSPS) is 10.4. The van der Waals surface area contributed by atoms with Gasteiger partial charge in [0.15, 0.2) is 0 Å². The summed E-state index contributed by atoms with van der Waals surface area (Å²) in [4.78, 5) is 34.5. The number of ether oxygens (including phenoxy) is 1. The summed E-state index contributed by atoms with van der Waals surface area (Å²) < 4.78 is 18.6. The van der Waals surface area contributed by atoms with Crippen molar-refractivity contribution in [3.63, 3.8) is 0 Å². The van der Waals surface area contributed by atoms with Gasteiger partial charge in [0.1, 0.15) is 17.3 Å². The van der Waals surface area contributed by atoms with Crippen LogP contribution in [0.5, 0.6) is 11.6 Å². The second-order valence-electron chi connectivity index (χ2n) is 8.36. The Balaban J connectivity index is 1.46. The number of amides is 3. The highest BCUT2D eigenvalue weighted by Crippen LogP contribution is 2.26. The molecule has 0 saturated carbocycles. The summed E-state index contributed by atoms with van der Waals surface area (Å²) in [6, 6.07) is 15.0. The van der Waals surface area contributed by atoms with Gasteiger partial charge in [0.2, 0.25) is 5.88 Å². The molecule has 2 aromatic heterocycles. The van der Waals surface area contributed by atoms with Gasteiger partial charge in [-0.15, -0.1) is 0 Å². The van der Waals surface area contributed by atoms with Crippen LogP contribution in [0.3, 0.4) is 0 Å². The van der Waals surface area contributed by atoms with Gasteiger partial charge in [-0.05, 0) is 54.1 Å². The minimum Gasteiger partial charge on any atom is -0.439 e. The first-order valence-corrected chi connectivity index (χ1v) is 11.3. The largest absolute Gasteiger partial charge is 0.439 e. The molecule has 0 fully saturated rings. The number of benzene rings is 2. The van der Waals surface area contributed by atoms with Crippen LogP contribution in [0.2, 0.25) is 0 Å².